The maximum absolute atomic E-state index is 13.0. The van der Waals surface area contributed by atoms with Crippen molar-refractivity contribution in [1.29, 1.82) is 0 Å². The topological polar surface area (TPSA) is 120 Å². The van der Waals surface area contributed by atoms with Crippen LogP contribution in [0.25, 0.3) is 0 Å². The Kier molecular flexibility index (Phi) is 4.61. The molecule has 0 unspecified atom stereocenters. The van der Waals surface area contributed by atoms with Gasteiger partial charge in [-0.05, 0) is 36.8 Å². The fourth-order valence-electron chi connectivity index (χ4n) is 2.27. The second-order valence-corrected chi connectivity index (χ2v) is 8.61. The first-order valence-corrected chi connectivity index (χ1v) is 9.63. The average Bonchev–Trinajstić information content (AvgIpc) is 2.44. The summed E-state index contributed by atoms with van der Waals surface area (Å²) in [7, 11) is -9.01. The van der Waals surface area contributed by atoms with E-state index in [2.05, 4.69) is 0 Å². The summed E-state index contributed by atoms with van der Waals surface area (Å²) in [6.45, 7) is 1.25. The van der Waals surface area contributed by atoms with Gasteiger partial charge in [0.1, 0.15) is 4.90 Å². The fourth-order valence-corrected chi connectivity index (χ4v) is 5.15. The van der Waals surface area contributed by atoms with Crippen LogP contribution in [0.15, 0.2) is 51.1 Å². The van der Waals surface area contributed by atoms with Crippen LogP contribution < -0.4 is 10.9 Å². The van der Waals surface area contributed by atoms with Crippen LogP contribution in [0.4, 0.5) is 18.9 Å². The van der Waals surface area contributed by atoms with E-state index >= 15 is 0 Å². The average molecular weight is 394 g/mol. The first-order valence-electron chi connectivity index (χ1n) is 6.60. The van der Waals surface area contributed by atoms with Crippen LogP contribution in [0.5, 0.6) is 0 Å². The molecule has 25 heavy (non-hydrogen) atoms. The molecular weight excluding hydrogens is 381 g/mol. The van der Waals surface area contributed by atoms with E-state index in [1.54, 1.807) is 0 Å². The van der Waals surface area contributed by atoms with Crippen molar-refractivity contribution < 1.29 is 30.0 Å². The van der Waals surface area contributed by atoms with Gasteiger partial charge in [0.25, 0.3) is 0 Å². The van der Waals surface area contributed by atoms with Gasteiger partial charge >= 0.3 is 6.18 Å². The Labute approximate surface area is 142 Å². The second kappa shape index (κ2) is 6.00. The predicted octanol–water partition coefficient (Wildman–Crippen LogP) is 2.08. The predicted molar refractivity (Wildman–Crippen MR) is 83.9 cm³/mol. The zero-order valence-electron chi connectivity index (χ0n) is 12.7. The third kappa shape index (κ3) is 3.62. The molecule has 2 aromatic rings. The minimum atomic E-state index is -4.87. The Bertz CT molecular complexity index is 1050. The van der Waals surface area contributed by atoms with E-state index in [-0.39, 0.29) is 5.56 Å². The van der Waals surface area contributed by atoms with E-state index in [1.807, 2.05) is 0 Å². The highest BCUT2D eigenvalue weighted by Gasteiger charge is 2.36. The van der Waals surface area contributed by atoms with Crippen molar-refractivity contribution in [2.75, 3.05) is 5.73 Å². The van der Waals surface area contributed by atoms with Gasteiger partial charge in [0.15, 0.2) is 0 Å². The summed E-state index contributed by atoms with van der Waals surface area (Å²) in [5.74, 6) is 0. The lowest BCUT2D eigenvalue weighted by atomic mass is 10.1. The molecule has 0 radical (unpaired) electrons. The molecule has 0 heterocycles. The maximum Gasteiger partial charge on any atom is 0.418 e. The SMILES string of the molecule is Cc1cc(N)c(C(F)(F)F)cc1S(=O)(=O)c1ccccc1S(N)(=O)=O. The Morgan fingerprint density at radius 1 is 0.920 bits per heavy atom. The molecule has 0 amide bonds. The molecule has 0 saturated carbocycles. The number of nitrogens with two attached hydrogens (primary N) is 2. The van der Waals surface area contributed by atoms with Crippen molar-refractivity contribution in [3.63, 3.8) is 0 Å². The normalized spacial score (nSPS) is 13.0. The summed E-state index contributed by atoms with van der Waals surface area (Å²) in [6, 6.07) is 5.65. The van der Waals surface area contributed by atoms with Gasteiger partial charge in [-0.2, -0.15) is 13.2 Å². The van der Waals surface area contributed by atoms with Crippen molar-refractivity contribution in [3.05, 3.63) is 47.5 Å². The number of sulfone groups is 1. The van der Waals surface area contributed by atoms with Gasteiger partial charge < -0.3 is 5.73 Å². The highest BCUT2D eigenvalue weighted by atomic mass is 32.2. The van der Waals surface area contributed by atoms with Crippen LogP contribution in [0.3, 0.4) is 0 Å². The van der Waals surface area contributed by atoms with Gasteiger partial charge in [0, 0.05) is 5.69 Å². The maximum atomic E-state index is 13.0. The Morgan fingerprint density at radius 2 is 1.44 bits per heavy atom. The second-order valence-electron chi connectivity index (χ2n) is 5.20. The monoisotopic (exact) mass is 394 g/mol. The van der Waals surface area contributed by atoms with Crippen LogP contribution in [0, 0.1) is 6.92 Å². The van der Waals surface area contributed by atoms with E-state index in [0.717, 1.165) is 18.2 Å². The Hall–Kier alpha value is -2.11. The molecule has 0 aliphatic heterocycles. The Morgan fingerprint density at radius 3 is 1.92 bits per heavy atom. The molecule has 0 bridgehead atoms. The molecule has 0 spiro atoms. The molecular formula is C14H13F3N2O4S2. The minimum absolute atomic E-state index is 0.0604. The van der Waals surface area contributed by atoms with E-state index in [4.69, 9.17) is 10.9 Å². The van der Waals surface area contributed by atoms with Crippen molar-refractivity contribution >= 4 is 25.5 Å². The lowest BCUT2D eigenvalue weighted by molar-refractivity contribution is -0.137. The molecule has 0 aliphatic carbocycles. The number of rotatable bonds is 3. The molecule has 2 rings (SSSR count). The van der Waals surface area contributed by atoms with Crippen LogP contribution in [0.2, 0.25) is 0 Å². The summed E-state index contributed by atoms with van der Waals surface area (Å²) in [5.41, 5.74) is 3.30. The highest BCUT2D eigenvalue weighted by molar-refractivity contribution is 7.93. The number of aryl methyl sites for hydroxylation is 1. The minimum Gasteiger partial charge on any atom is -0.398 e. The summed E-state index contributed by atoms with van der Waals surface area (Å²) < 4.78 is 87.9. The van der Waals surface area contributed by atoms with Crippen LogP contribution >= 0.6 is 0 Å². The van der Waals surface area contributed by atoms with Gasteiger partial charge in [-0.15, -0.1) is 0 Å². The third-order valence-electron chi connectivity index (χ3n) is 3.39. The first-order chi connectivity index (χ1) is 11.3. The zero-order valence-corrected chi connectivity index (χ0v) is 14.3. The molecule has 0 atom stereocenters. The summed E-state index contributed by atoms with van der Waals surface area (Å²) in [6.07, 6.45) is -4.87. The fraction of sp³-hybridized carbons (Fsp3) is 0.143. The molecule has 0 aliphatic rings. The number of primary sulfonamides is 1. The summed E-state index contributed by atoms with van der Waals surface area (Å²) in [4.78, 5) is -2.12. The number of alkyl halides is 3. The third-order valence-corrected chi connectivity index (χ3v) is 6.44. The molecule has 0 saturated heterocycles. The summed E-state index contributed by atoms with van der Waals surface area (Å²) in [5, 5.41) is 5.00. The number of benzene rings is 2. The van der Waals surface area contributed by atoms with Gasteiger partial charge in [-0.3, -0.25) is 0 Å². The molecule has 6 nitrogen and oxygen atoms in total. The van der Waals surface area contributed by atoms with Crippen molar-refractivity contribution in [2.24, 2.45) is 5.14 Å². The highest BCUT2D eigenvalue weighted by Crippen LogP contribution is 2.38. The van der Waals surface area contributed by atoms with E-state index < -0.39 is 52.0 Å². The number of sulfonamides is 1. The van der Waals surface area contributed by atoms with E-state index in [1.165, 1.54) is 19.1 Å². The molecule has 11 heteroatoms. The first kappa shape index (κ1) is 19.2. The van der Waals surface area contributed by atoms with Crippen molar-refractivity contribution in [1.82, 2.24) is 0 Å². The molecule has 136 valence electrons. The van der Waals surface area contributed by atoms with E-state index in [9.17, 15) is 30.0 Å². The Balaban J connectivity index is 2.84. The number of halogens is 3. The molecule has 4 N–H and O–H groups in total. The number of nitrogen functional groups attached to an aromatic ring is 1. The number of anilines is 1. The van der Waals surface area contributed by atoms with Crippen LogP contribution in [-0.2, 0) is 26.0 Å². The number of hydrogen-bond donors (Lipinski definition) is 2. The van der Waals surface area contributed by atoms with E-state index in [0.29, 0.717) is 6.07 Å². The molecule has 2 aromatic carbocycles. The largest absolute Gasteiger partial charge is 0.418 e. The summed E-state index contributed by atoms with van der Waals surface area (Å²) >= 11 is 0. The van der Waals surface area contributed by atoms with Gasteiger partial charge in [0.2, 0.25) is 19.9 Å². The van der Waals surface area contributed by atoms with Crippen LogP contribution in [-0.4, -0.2) is 16.8 Å². The molecule has 0 fully saturated rings. The van der Waals surface area contributed by atoms with Crippen molar-refractivity contribution in [3.8, 4) is 0 Å². The van der Waals surface area contributed by atoms with Crippen molar-refractivity contribution in [2.45, 2.75) is 27.8 Å². The lowest BCUT2D eigenvalue weighted by Gasteiger charge is -2.16. The van der Waals surface area contributed by atoms with Crippen LogP contribution in [0.1, 0.15) is 11.1 Å². The smallest absolute Gasteiger partial charge is 0.398 e. The quantitative estimate of drug-likeness (QED) is 0.772. The zero-order chi connectivity index (χ0) is 19.2. The van der Waals surface area contributed by atoms with Gasteiger partial charge in [-0.25, -0.2) is 22.0 Å². The lowest BCUT2D eigenvalue weighted by Crippen LogP contribution is -2.18. The van der Waals surface area contributed by atoms with Gasteiger partial charge in [0.05, 0.1) is 15.4 Å². The molecule has 0 aromatic heterocycles. The number of hydrogen-bond acceptors (Lipinski definition) is 5. The van der Waals surface area contributed by atoms with Gasteiger partial charge in [-0.1, -0.05) is 12.1 Å². The standard InChI is InChI=1S/C14H13F3N2O4S2/c1-8-6-10(18)9(14(15,16)17)7-13(8)24(20,21)11-4-2-3-5-12(11)25(19,22)23/h2-7H,18H2,1H3,(H2,19,22,23).